The van der Waals surface area contributed by atoms with E-state index in [0.717, 1.165) is 45.3 Å². The van der Waals surface area contributed by atoms with Crippen LogP contribution in [0, 0.1) is 0 Å². The van der Waals surface area contributed by atoms with Crippen molar-refractivity contribution in [2.75, 3.05) is 29.6 Å². The Morgan fingerprint density at radius 2 is 2.09 bits per heavy atom. The number of hydrogen-bond donors (Lipinski definition) is 1. The minimum atomic E-state index is 0.106. The van der Waals surface area contributed by atoms with E-state index in [1.807, 2.05) is 42.1 Å². The SMILES string of the molecule is OCC1CSCCN1c1ncnc2c(-c3ccccc3)nsc12. The highest BCUT2D eigenvalue weighted by Gasteiger charge is 2.26. The van der Waals surface area contributed by atoms with Crippen LogP contribution in [-0.2, 0) is 0 Å². The molecule has 0 bridgehead atoms. The van der Waals surface area contributed by atoms with Gasteiger partial charge in [-0.05, 0) is 11.5 Å². The first-order chi connectivity index (χ1) is 11.4. The van der Waals surface area contributed by atoms with E-state index in [9.17, 15) is 5.11 Å². The number of rotatable bonds is 3. The first kappa shape index (κ1) is 14.9. The van der Waals surface area contributed by atoms with Crippen LogP contribution < -0.4 is 4.90 Å². The third kappa shape index (κ3) is 2.69. The molecule has 1 aliphatic rings. The quantitative estimate of drug-likeness (QED) is 0.788. The Hall–Kier alpha value is -1.70. The Kier molecular flexibility index (Phi) is 4.15. The summed E-state index contributed by atoms with van der Waals surface area (Å²) in [7, 11) is 0. The molecule has 1 fully saturated rings. The molecule has 4 rings (SSSR count). The van der Waals surface area contributed by atoms with Gasteiger partial charge in [-0.15, -0.1) is 0 Å². The standard InChI is InChI=1S/C16H16N4OS2/c21-8-12-9-22-7-6-20(12)16-15-14(17-10-18-16)13(19-23-15)11-4-2-1-3-5-11/h1-5,10,12,21H,6-9H2. The van der Waals surface area contributed by atoms with Gasteiger partial charge < -0.3 is 10.0 Å². The second kappa shape index (κ2) is 6.43. The van der Waals surface area contributed by atoms with Gasteiger partial charge in [-0.25, -0.2) is 9.97 Å². The second-order valence-corrected chi connectivity index (χ2v) is 7.30. The van der Waals surface area contributed by atoms with E-state index in [0.29, 0.717) is 0 Å². The fourth-order valence-corrected chi connectivity index (χ4v) is 4.74. The van der Waals surface area contributed by atoms with Crippen LogP contribution in [0.25, 0.3) is 21.5 Å². The van der Waals surface area contributed by atoms with Crippen LogP contribution in [0.5, 0.6) is 0 Å². The Labute approximate surface area is 142 Å². The number of nitrogens with zero attached hydrogens (tertiary/aromatic N) is 4. The summed E-state index contributed by atoms with van der Waals surface area (Å²) in [5.41, 5.74) is 2.86. The van der Waals surface area contributed by atoms with E-state index in [2.05, 4.69) is 19.2 Å². The van der Waals surface area contributed by atoms with Gasteiger partial charge in [0, 0.05) is 23.6 Å². The van der Waals surface area contributed by atoms with Gasteiger partial charge in [-0.3, -0.25) is 0 Å². The van der Waals surface area contributed by atoms with E-state index in [1.165, 1.54) is 11.5 Å². The smallest absolute Gasteiger partial charge is 0.152 e. The lowest BCUT2D eigenvalue weighted by atomic mass is 10.1. The molecule has 7 heteroatoms. The molecule has 23 heavy (non-hydrogen) atoms. The van der Waals surface area contributed by atoms with E-state index >= 15 is 0 Å². The summed E-state index contributed by atoms with van der Waals surface area (Å²) < 4.78 is 5.61. The van der Waals surface area contributed by atoms with Crippen molar-refractivity contribution in [3.63, 3.8) is 0 Å². The molecule has 0 spiro atoms. The van der Waals surface area contributed by atoms with Gasteiger partial charge in [0.05, 0.1) is 12.6 Å². The van der Waals surface area contributed by atoms with Gasteiger partial charge in [-0.1, -0.05) is 30.3 Å². The molecule has 1 aromatic carbocycles. The van der Waals surface area contributed by atoms with Crippen molar-refractivity contribution in [3.8, 4) is 11.3 Å². The molecule has 0 radical (unpaired) electrons. The van der Waals surface area contributed by atoms with Crippen molar-refractivity contribution < 1.29 is 5.11 Å². The molecule has 3 aromatic rings. The molecule has 2 aromatic heterocycles. The number of hydrogen-bond acceptors (Lipinski definition) is 7. The van der Waals surface area contributed by atoms with Crippen molar-refractivity contribution in [2.24, 2.45) is 0 Å². The topological polar surface area (TPSA) is 62.1 Å². The minimum Gasteiger partial charge on any atom is -0.394 e. The number of anilines is 1. The van der Waals surface area contributed by atoms with Gasteiger partial charge in [0.15, 0.2) is 5.82 Å². The zero-order chi connectivity index (χ0) is 15.6. The number of aromatic nitrogens is 3. The highest BCUT2D eigenvalue weighted by atomic mass is 32.2. The first-order valence-electron chi connectivity index (χ1n) is 7.49. The first-order valence-corrected chi connectivity index (χ1v) is 9.42. The third-order valence-electron chi connectivity index (χ3n) is 4.00. The molecule has 1 saturated heterocycles. The molecular formula is C16H16N4OS2. The molecule has 5 nitrogen and oxygen atoms in total. The molecule has 0 amide bonds. The lowest BCUT2D eigenvalue weighted by molar-refractivity contribution is 0.268. The van der Waals surface area contributed by atoms with Crippen molar-refractivity contribution in [3.05, 3.63) is 36.7 Å². The number of thioether (sulfide) groups is 1. The highest BCUT2D eigenvalue weighted by molar-refractivity contribution is 7.99. The van der Waals surface area contributed by atoms with E-state index in [4.69, 9.17) is 0 Å². The summed E-state index contributed by atoms with van der Waals surface area (Å²) in [5.74, 6) is 2.87. The highest BCUT2D eigenvalue weighted by Crippen LogP contribution is 2.35. The van der Waals surface area contributed by atoms with E-state index < -0.39 is 0 Å². The summed E-state index contributed by atoms with van der Waals surface area (Å²) in [6.45, 7) is 1.03. The molecular weight excluding hydrogens is 328 g/mol. The largest absolute Gasteiger partial charge is 0.394 e. The number of fused-ring (bicyclic) bond motifs is 1. The number of benzene rings is 1. The van der Waals surface area contributed by atoms with Crippen LogP contribution in [-0.4, -0.2) is 50.1 Å². The zero-order valence-corrected chi connectivity index (χ0v) is 14.1. The maximum atomic E-state index is 9.67. The van der Waals surface area contributed by atoms with Crippen molar-refractivity contribution in [1.29, 1.82) is 0 Å². The summed E-state index contributed by atoms with van der Waals surface area (Å²) in [6, 6.07) is 10.2. The van der Waals surface area contributed by atoms with Gasteiger partial charge in [-0.2, -0.15) is 16.1 Å². The maximum absolute atomic E-state index is 9.67. The Bertz CT molecular complexity index is 808. The van der Waals surface area contributed by atoms with Crippen LogP contribution in [0.3, 0.4) is 0 Å². The van der Waals surface area contributed by atoms with Gasteiger partial charge in [0.1, 0.15) is 22.2 Å². The van der Waals surface area contributed by atoms with Crippen molar-refractivity contribution in [2.45, 2.75) is 6.04 Å². The fraction of sp³-hybridized carbons (Fsp3) is 0.312. The van der Waals surface area contributed by atoms with Gasteiger partial charge in [0.2, 0.25) is 0 Å². The molecule has 1 aliphatic heterocycles. The molecule has 0 aliphatic carbocycles. The summed E-state index contributed by atoms with van der Waals surface area (Å²) in [4.78, 5) is 11.2. The lowest BCUT2D eigenvalue weighted by Crippen LogP contribution is -2.45. The second-order valence-electron chi connectivity index (χ2n) is 5.38. The van der Waals surface area contributed by atoms with Crippen LogP contribution in [0.2, 0.25) is 0 Å². The molecule has 3 heterocycles. The van der Waals surface area contributed by atoms with Gasteiger partial charge in [0.25, 0.3) is 0 Å². The van der Waals surface area contributed by atoms with Crippen molar-refractivity contribution >= 4 is 39.3 Å². The Balaban J connectivity index is 1.82. The van der Waals surface area contributed by atoms with Crippen LogP contribution in [0.1, 0.15) is 0 Å². The molecule has 118 valence electrons. The minimum absolute atomic E-state index is 0.106. The molecule has 0 saturated carbocycles. The third-order valence-corrected chi connectivity index (χ3v) is 5.92. The molecule has 1 unspecified atom stereocenters. The Morgan fingerprint density at radius 1 is 1.22 bits per heavy atom. The van der Waals surface area contributed by atoms with Crippen LogP contribution in [0.15, 0.2) is 36.7 Å². The summed E-state index contributed by atoms with van der Waals surface area (Å²) >= 11 is 3.31. The average Bonchev–Trinajstić information content (AvgIpc) is 3.06. The number of aliphatic hydroxyl groups is 1. The monoisotopic (exact) mass is 344 g/mol. The van der Waals surface area contributed by atoms with Crippen molar-refractivity contribution in [1.82, 2.24) is 14.3 Å². The predicted molar refractivity (Wildman–Crippen MR) is 96.2 cm³/mol. The fourth-order valence-electron chi connectivity index (χ4n) is 2.83. The lowest BCUT2D eigenvalue weighted by Gasteiger charge is -2.35. The molecule has 1 N–H and O–H groups in total. The van der Waals surface area contributed by atoms with E-state index in [1.54, 1.807) is 6.33 Å². The summed E-state index contributed by atoms with van der Waals surface area (Å²) in [6.07, 6.45) is 1.61. The average molecular weight is 344 g/mol. The van der Waals surface area contributed by atoms with Crippen LogP contribution >= 0.6 is 23.3 Å². The predicted octanol–water partition coefficient (Wildman–Crippen LogP) is 2.67. The van der Waals surface area contributed by atoms with Gasteiger partial charge >= 0.3 is 0 Å². The normalized spacial score (nSPS) is 18.5. The van der Waals surface area contributed by atoms with Crippen LogP contribution in [0.4, 0.5) is 5.82 Å². The van der Waals surface area contributed by atoms with E-state index in [-0.39, 0.29) is 12.6 Å². The molecule has 1 atom stereocenters. The zero-order valence-electron chi connectivity index (χ0n) is 12.4. The Morgan fingerprint density at radius 3 is 2.91 bits per heavy atom. The summed E-state index contributed by atoms with van der Waals surface area (Å²) in [5, 5.41) is 9.67. The maximum Gasteiger partial charge on any atom is 0.152 e. The number of aliphatic hydroxyl groups excluding tert-OH is 1.